The molecule has 1 fully saturated rings. The molecule has 0 aliphatic carbocycles. The molecule has 10 heteroatoms. The van der Waals surface area contributed by atoms with Crippen LogP contribution in [0.5, 0.6) is 0 Å². The fourth-order valence-electron chi connectivity index (χ4n) is 4.91. The van der Waals surface area contributed by atoms with Crippen LogP contribution in [0.3, 0.4) is 0 Å². The minimum atomic E-state index is -0.546. The van der Waals surface area contributed by atoms with E-state index in [1.165, 1.54) is 18.5 Å². The molecule has 1 saturated heterocycles. The van der Waals surface area contributed by atoms with Gasteiger partial charge in [0.1, 0.15) is 23.7 Å². The minimum absolute atomic E-state index is 0.0488. The highest BCUT2D eigenvalue weighted by molar-refractivity contribution is 5.98. The van der Waals surface area contributed by atoms with Crippen LogP contribution in [-0.2, 0) is 11.3 Å². The molecule has 0 spiro atoms. The molecule has 0 unspecified atom stereocenters. The largest absolute Gasteiger partial charge is 0.383 e. The molecule has 3 heterocycles. The van der Waals surface area contributed by atoms with Crippen molar-refractivity contribution < 1.29 is 14.0 Å². The summed E-state index contributed by atoms with van der Waals surface area (Å²) in [7, 11) is 0. The molecule has 3 N–H and O–H groups in total. The maximum Gasteiger partial charge on any atom is 0.254 e. The summed E-state index contributed by atoms with van der Waals surface area (Å²) in [4.78, 5) is 35.2. The fourth-order valence-corrected chi connectivity index (χ4v) is 4.91. The van der Waals surface area contributed by atoms with Crippen LogP contribution in [0.2, 0.25) is 0 Å². The average molecular weight is 514 g/mol. The van der Waals surface area contributed by atoms with Gasteiger partial charge in [0.2, 0.25) is 5.91 Å². The van der Waals surface area contributed by atoms with Crippen LogP contribution in [0.4, 0.5) is 10.2 Å². The number of likely N-dealkylation sites (tertiary alicyclic amines) is 1. The van der Waals surface area contributed by atoms with E-state index in [4.69, 9.17) is 10.8 Å². The van der Waals surface area contributed by atoms with Crippen molar-refractivity contribution in [3.05, 3.63) is 84.0 Å². The number of piperidine rings is 1. The van der Waals surface area contributed by atoms with Gasteiger partial charge in [-0.05, 0) is 43.0 Å². The SMILES string of the molecule is C=CC(=O)N1CCC[C@@H](n2nc(-c3ccc(CNC(=O)c4c(C)cccc4F)cc3)c3c(N)ncnc32)C1. The van der Waals surface area contributed by atoms with Gasteiger partial charge in [-0.3, -0.25) is 9.59 Å². The van der Waals surface area contributed by atoms with Crippen LogP contribution in [0.1, 0.15) is 40.4 Å². The monoisotopic (exact) mass is 513 g/mol. The first kappa shape index (κ1) is 25.1. The van der Waals surface area contributed by atoms with Crippen molar-refractivity contribution in [3.8, 4) is 11.3 Å². The maximum absolute atomic E-state index is 14.1. The summed E-state index contributed by atoms with van der Waals surface area (Å²) >= 11 is 0. The Morgan fingerprint density at radius 1 is 1.21 bits per heavy atom. The van der Waals surface area contributed by atoms with Crippen LogP contribution in [0.25, 0.3) is 22.3 Å². The topological polar surface area (TPSA) is 119 Å². The number of hydrogen-bond acceptors (Lipinski definition) is 6. The number of amides is 2. The van der Waals surface area contributed by atoms with Crippen molar-refractivity contribution >= 4 is 28.7 Å². The molecular weight excluding hydrogens is 485 g/mol. The number of hydrogen-bond donors (Lipinski definition) is 2. The van der Waals surface area contributed by atoms with Gasteiger partial charge in [0.05, 0.1) is 17.0 Å². The second-order valence-electron chi connectivity index (χ2n) is 9.35. The number of benzene rings is 2. The fraction of sp³-hybridized carbons (Fsp3) is 0.250. The first-order chi connectivity index (χ1) is 18.4. The van der Waals surface area contributed by atoms with Crippen molar-refractivity contribution in [1.29, 1.82) is 0 Å². The number of carbonyl (C=O) groups excluding carboxylic acids is 2. The molecule has 4 aromatic rings. The highest BCUT2D eigenvalue weighted by atomic mass is 19.1. The Morgan fingerprint density at radius 2 is 2.00 bits per heavy atom. The summed E-state index contributed by atoms with van der Waals surface area (Å²) in [5.41, 5.74) is 9.80. The molecule has 0 radical (unpaired) electrons. The average Bonchev–Trinajstić information content (AvgIpc) is 3.33. The number of nitrogens with two attached hydrogens (primary N) is 1. The number of anilines is 1. The summed E-state index contributed by atoms with van der Waals surface area (Å²) < 4.78 is 16.0. The van der Waals surface area contributed by atoms with Crippen molar-refractivity contribution in [2.24, 2.45) is 0 Å². The number of rotatable bonds is 6. The standard InChI is InChI=1S/C28H28FN7O2/c1-3-22(37)35-13-5-7-20(15-35)36-27-24(26(30)32-16-33-27)25(34-36)19-11-9-18(10-12-19)14-31-28(38)23-17(2)6-4-8-21(23)29/h3-4,6,8-12,16,20H,1,5,7,13-15H2,2H3,(H,31,38)(H2,30,32,33)/t20-/m1/s1. The number of fused-ring (bicyclic) bond motifs is 1. The molecular formula is C28H28FN7O2. The first-order valence-electron chi connectivity index (χ1n) is 12.4. The second kappa shape index (κ2) is 10.4. The van der Waals surface area contributed by atoms with E-state index in [9.17, 15) is 14.0 Å². The lowest BCUT2D eigenvalue weighted by atomic mass is 10.1. The normalized spacial score (nSPS) is 15.4. The van der Waals surface area contributed by atoms with Gasteiger partial charge < -0.3 is 16.0 Å². The van der Waals surface area contributed by atoms with E-state index in [1.807, 2.05) is 28.9 Å². The van der Waals surface area contributed by atoms with E-state index in [-0.39, 0.29) is 24.1 Å². The molecule has 0 bridgehead atoms. The molecule has 0 saturated carbocycles. The van der Waals surface area contributed by atoms with Crippen LogP contribution in [0.15, 0.2) is 61.4 Å². The lowest BCUT2D eigenvalue weighted by molar-refractivity contribution is -0.127. The molecule has 5 rings (SSSR count). The van der Waals surface area contributed by atoms with Gasteiger partial charge in [0, 0.05) is 25.2 Å². The zero-order valence-corrected chi connectivity index (χ0v) is 21.0. The molecule has 9 nitrogen and oxygen atoms in total. The molecule has 1 atom stereocenters. The van der Waals surface area contributed by atoms with Crippen LogP contribution < -0.4 is 11.1 Å². The summed E-state index contributed by atoms with van der Waals surface area (Å²) in [5.74, 6) is -0.790. The maximum atomic E-state index is 14.1. The molecule has 2 aromatic heterocycles. The van der Waals surface area contributed by atoms with E-state index in [0.717, 1.165) is 24.0 Å². The zero-order valence-electron chi connectivity index (χ0n) is 21.0. The smallest absolute Gasteiger partial charge is 0.254 e. The third-order valence-corrected chi connectivity index (χ3v) is 6.88. The van der Waals surface area contributed by atoms with E-state index < -0.39 is 11.7 Å². The van der Waals surface area contributed by atoms with E-state index >= 15 is 0 Å². The number of aryl methyl sites for hydroxylation is 1. The Kier molecular flexibility index (Phi) is 6.87. The Morgan fingerprint density at radius 3 is 2.74 bits per heavy atom. The van der Waals surface area contributed by atoms with Gasteiger partial charge in [-0.15, -0.1) is 0 Å². The highest BCUT2D eigenvalue weighted by Gasteiger charge is 2.28. The quantitative estimate of drug-likeness (QED) is 0.379. The van der Waals surface area contributed by atoms with Gasteiger partial charge in [-0.2, -0.15) is 5.10 Å². The third kappa shape index (κ3) is 4.72. The third-order valence-electron chi connectivity index (χ3n) is 6.88. The van der Waals surface area contributed by atoms with Crippen molar-refractivity contribution in [2.75, 3.05) is 18.8 Å². The van der Waals surface area contributed by atoms with E-state index in [0.29, 0.717) is 41.2 Å². The van der Waals surface area contributed by atoms with E-state index in [2.05, 4.69) is 21.9 Å². The summed E-state index contributed by atoms with van der Waals surface area (Å²) in [6, 6.07) is 12.0. The second-order valence-corrected chi connectivity index (χ2v) is 9.35. The molecule has 1 aliphatic rings. The first-order valence-corrected chi connectivity index (χ1v) is 12.4. The number of nitrogens with zero attached hydrogens (tertiary/aromatic N) is 5. The number of halogens is 1. The molecule has 2 amide bonds. The van der Waals surface area contributed by atoms with Crippen molar-refractivity contribution in [3.63, 3.8) is 0 Å². The molecule has 194 valence electrons. The van der Waals surface area contributed by atoms with E-state index in [1.54, 1.807) is 24.0 Å². The Hall–Kier alpha value is -4.60. The summed E-state index contributed by atoms with van der Waals surface area (Å²) in [5, 5.41) is 8.32. The predicted molar refractivity (Wildman–Crippen MR) is 143 cm³/mol. The van der Waals surface area contributed by atoms with Crippen molar-refractivity contribution in [1.82, 2.24) is 30.0 Å². The summed E-state index contributed by atoms with van der Waals surface area (Å²) in [6.07, 6.45) is 4.43. The number of nitrogens with one attached hydrogen (secondary N) is 1. The van der Waals surface area contributed by atoms with Gasteiger partial charge >= 0.3 is 0 Å². The van der Waals surface area contributed by atoms with Gasteiger partial charge in [0.15, 0.2) is 5.65 Å². The number of aromatic nitrogens is 4. The molecule has 38 heavy (non-hydrogen) atoms. The lowest BCUT2D eigenvalue weighted by Crippen LogP contribution is -2.40. The Labute approximate surface area is 219 Å². The van der Waals surface area contributed by atoms with Crippen LogP contribution in [0, 0.1) is 12.7 Å². The Balaban J connectivity index is 1.40. The van der Waals surface area contributed by atoms with Crippen molar-refractivity contribution in [2.45, 2.75) is 32.4 Å². The lowest BCUT2D eigenvalue weighted by Gasteiger charge is -2.32. The number of nitrogen functional groups attached to an aromatic ring is 1. The van der Waals surface area contributed by atoms with Gasteiger partial charge in [0.25, 0.3) is 5.91 Å². The van der Waals surface area contributed by atoms with Crippen LogP contribution in [-0.4, -0.2) is 49.6 Å². The molecule has 1 aliphatic heterocycles. The zero-order chi connectivity index (χ0) is 26.8. The summed E-state index contributed by atoms with van der Waals surface area (Å²) in [6.45, 7) is 6.73. The van der Waals surface area contributed by atoms with Gasteiger partial charge in [-0.25, -0.2) is 19.0 Å². The highest BCUT2D eigenvalue weighted by Crippen LogP contribution is 2.34. The Bertz CT molecular complexity index is 1510. The number of carbonyl (C=O) groups is 2. The minimum Gasteiger partial charge on any atom is -0.383 e. The van der Waals surface area contributed by atoms with Gasteiger partial charge in [-0.1, -0.05) is 43.0 Å². The molecule has 2 aromatic carbocycles. The predicted octanol–water partition coefficient (Wildman–Crippen LogP) is 3.80. The van der Waals surface area contributed by atoms with Crippen LogP contribution >= 0.6 is 0 Å².